The first-order valence-electron chi connectivity index (χ1n) is 8.50. The maximum Gasteiger partial charge on any atom is 0.287 e. The van der Waals surface area contributed by atoms with Crippen LogP contribution in [-0.4, -0.2) is 23.2 Å². The van der Waals surface area contributed by atoms with Gasteiger partial charge in [0.25, 0.3) is 5.69 Å². The van der Waals surface area contributed by atoms with Crippen molar-refractivity contribution >= 4 is 33.6 Å². The van der Waals surface area contributed by atoms with Gasteiger partial charge in [-0.15, -0.1) is 0 Å². The third-order valence-electron chi connectivity index (χ3n) is 3.85. The lowest BCUT2D eigenvalue weighted by Crippen LogP contribution is -1.99. The molecule has 0 aliphatic carbocycles. The van der Waals surface area contributed by atoms with Crippen molar-refractivity contribution in [2.24, 2.45) is 5.10 Å². The lowest BCUT2D eigenvalue weighted by atomic mass is 10.2. The molecule has 2 aromatic carbocycles. The Morgan fingerprint density at radius 2 is 1.97 bits per heavy atom. The van der Waals surface area contributed by atoms with E-state index in [2.05, 4.69) is 31.4 Å². The van der Waals surface area contributed by atoms with Crippen LogP contribution in [0.5, 0.6) is 11.5 Å². The molecule has 3 rings (SSSR count). The first-order chi connectivity index (χ1) is 14.0. The highest BCUT2D eigenvalue weighted by Crippen LogP contribution is 2.28. The molecule has 0 amide bonds. The molecule has 0 fully saturated rings. The Labute approximate surface area is 175 Å². The summed E-state index contributed by atoms with van der Waals surface area (Å²) in [6, 6.07) is 16.2. The minimum absolute atomic E-state index is 0.0806. The van der Waals surface area contributed by atoms with Gasteiger partial charge in [0.15, 0.2) is 11.5 Å². The van der Waals surface area contributed by atoms with E-state index in [-0.39, 0.29) is 5.69 Å². The molecule has 0 radical (unpaired) electrons. The zero-order chi connectivity index (χ0) is 20.6. The molecule has 0 saturated carbocycles. The third-order valence-corrected chi connectivity index (χ3v) is 4.38. The maximum atomic E-state index is 10.6. The molecule has 0 atom stereocenters. The highest BCUT2D eigenvalue weighted by molar-refractivity contribution is 9.10. The number of hydrogen-bond donors (Lipinski definition) is 1. The van der Waals surface area contributed by atoms with E-state index < -0.39 is 4.92 Å². The highest BCUT2D eigenvalue weighted by Gasteiger charge is 2.06. The molecule has 1 N–H and O–H groups in total. The van der Waals surface area contributed by atoms with E-state index in [4.69, 9.17) is 9.47 Å². The Bertz CT molecular complexity index is 1010. The van der Waals surface area contributed by atoms with Crippen molar-refractivity contribution in [1.82, 2.24) is 4.98 Å². The van der Waals surface area contributed by atoms with Crippen molar-refractivity contribution in [2.45, 2.75) is 6.61 Å². The highest BCUT2D eigenvalue weighted by atomic mass is 79.9. The van der Waals surface area contributed by atoms with Gasteiger partial charge in [-0.3, -0.25) is 15.5 Å². The van der Waals surface area contributed by atoms with Crippen LogP contribution in [0.1, 0.15) is 11.1 Å². The number of anilines is 1. The molecule has 1 heterocycles. The topological polar surface area (TPSA) is 98.9 Å². The van der Waals surface area contributed by atoms with Gasteiger partial charge in [-0.2, -0.15) is 5.10 Å². The fourth-order valence-corrected chi connectivity index (χ4v) is 2.62. The summed E-state index contributed by atoms with van der Waals surface area (Å²) in [5.41, 5.74) is 4.47. The Balaban J connectivity index is 1.62. The number of nitro groups is 1. The van der Waals surface area contributed by atoms with Gasteiger partial charge < -0.3 is 9.47 Å². The number of pyridine rings is 1. The summed E-state index contributed by atoms with van der Waals surface area (Å²) in [6.45, 7) is 0.421. The van der Waals surface area contributed by atoms with E-state index in [0.29, 0.717) is 23.9 Å². The predicted octanol–water partition coefficient (Wildman–Crippen LogP) is 4.79. The standard InChI is InChI=1S/C20H17BrN4O4/c1-28-19-10-15(11-23-24-20-9-7-17(12-22-20)25(26)27)4-8-18(19)29-13-14-2-5-16(21)6-3-14/h2-12H,13H2,1H3,(H,22,24)/b23-11+. The van der Waals surface area contributed by atoms with Crippen molar-refractivity contribution in [3.63, 3.8) is 0 Å². The molecule has 9 heteroatoms. The van der Waals surface area contributed by atoms with Crippen molar-refractivity contribution in [3.05, 3.63) is 86.5 Å². The van der Waals surface area contributed by atoms with Crippen molar-refractivity contribution in [2.75, 3.05) is 12.5 Å². The number of halogens is 1. The van der Waals surface area contributed by atoms with Gasteiger partial charge in [0.05, 0.1) is 18.2 Å². The Hall–Kier alpha value is -3.46. The molecular weight excluding hydrogens is 440 g/mol. The molecule has 3 aromatic rings. The summed E-state index contributed by atoms with van der Waals surface area (Å²) < 4.78 is 12.3. The lowest BCUT2D eigenvalue weighted by Gasteiger charge is -2.11. The Morgan fingerprint density at radius 1 is 1.17 bits per heavy atom. The molecule has 148 valence electrons. The van der Waals surface area contributed by atoms with Crippen LogP contribution in [0.25, 0.3) is 0 Å². The number of nitrogens with one attached hydrogen (secondary N) is 1. The van der Waals surface area contributed by atoms with Gasteiger partial charge in [0, 0.05) is 10.5 Å². The molecule has 0 unspecified atom stereocenters. The first-order valence-corrected chi connectivity index (χ1v) is 9.29. The van der Waals surface area contributed by atoms with E-state index in [1.54, 1.807) is 19.4 Å². The Morgan fingerprint density at radius 3 is 2.62 bits per heavy atom. The number of ether oxygens (including phenoxy) is 2. The van der Waals surface area contributed by atoms with Gasteiger partial charge in [-0.05, 0) is 47.5 Å². The zero-order valence-corrected chi connectivity index (χ0v) is 17.0. The average Bonchev–Trinajstić information content (AvgIpc) is 2.74. The second-order valence-corrected chi connectivity index (χ2v) is 6.77. The number of hydrogen-bond acceptors (Lipinski definition) is 7. The molecule has 0 saturated heterocycles. The number of hydrazone groups is 1. The molecule has 0 aliphatic heterocycles. The van der Waals surface area contributed by atoms with E-state index in [9.17, 15) is 10.1 Å². The summed E-state index contributed by atoms with van der Waals surface area (Å²) in [5, 5.41) is 14.7. The fourth-order valence-electron chi connectivity index (χ4n) is 2.36. The fraction of sp³-hybridized carbons (Fsp3) is 0.100. The Kier molecular flexibility index (Phi) is 6.75. The minimum atomic E-state index is -0.507. The lowest BCUT2D eigenvalue weighted by molar-refractivity contribution is -0.385. The number of rotatable bonds is 8. The normalized spacial score (nSPS) is 10.7. The summed E-state index contributed by atoms with van der Waals surface area (Å²) >= 11 is 3.41. The van der Waals surface area contributed by atoms with Crippen LogP contribution in [0.3, 0.4) is 0 Å². The van der Waals surface area contributed by atoms with Gasteiger partial charge in [0.2, 0.25) is 0 Å². The molecule has 0 spiro atoms. The molecular formula is C20H17BrN4O4. The van der Waals surface area contributed by atoms with Crippen LogP contribution in [0.15, 0.2) is 70.4 Å². The zero-order valence-electron chi connectivity index (χ0n) is 15.4. The molecule has 29 heavy (non-hydrogen) atoms. The second kappa shape index (κ2) is 9.65. The van der Waals surface area contributed by atoms with Gasteiger partial charge in [-0.25, -0.2) is 4.98 Å². The monoisotopic (exact) mass is 456 g/mol. The van der Waals surface area contributed by atoms with Crippen LogP contribution in [0, 0.1) is 10.1 Å². The number of benzene rings is 2. The van der Waals surface area contributed by atoms with E-state index in [1.807, 2.05) is 36.4 Å². The molecule has 0 aliphatic rings. The van der Waals surface area contributed by atoms with E-state index >= 15 is 0 Å². The van der Waals surface area contributed by atoms with Crippen LogP contribution in [0.4, 0.5) is 11.5 Å². The SMILES string of the molecule is COc1cc(/C=N/Nc2ccc([N+](=O)[O-])cn2)ccc1OCc1ccc(Br)cc1. The number of methoxy groups -OCH3 is 1. The van der Waals surface area contributed by atoms with Gasteiger partial charge in [-0.1, -0.05) is 28.1 Å². The quantitative estimate of drug-likeness (QED) is 0.297. The minimum Gasteiger partial charge on any atom is -0.493 e. The van der Waals surface area contributed by atoms with Crippen molar-refractivity contribution in [3.8, 4) is 11.5 Å². The summed E-state index contributed by atoms with van der Waals surface area (Å²) in [4.78, 5) is 14.0. The van der Waals surface area contributed by atoms with Crippen LogP contribution in [-0.2, 0) is 6.61 Å². The van der Waals surface area contributed by atoms with E-state index in [1.165, 1.54) is 18.3 Å². The average molecular weight is 457 g/mol. The predicted molar refractivity (Wildman–Crippen MR) is 114 cm³/mol. The van der Waals surface area contributed by atoms with Crippen molar-refractivity contribution < 1.29 is 14.4 Å². The summed E-state index contributed by atoms with van der Waals surface area (Å²) in [6.07, 6.45) is 2.75. The third kappa shape index (κ3) is 5.76. The summed E-state index contributed by atoms with van der Waals surface area (Å²) in [5.74, 6) is 1.60. The molecule has 8 nitrogen and oxygen atoms in total. The van der Waals surface area contributed by atoms with Gasteiger partial charge >= 0.3 is 0 Å². The summed E-state index contributed by atoms with van der Waals surface area (Å²) in [7, 11) is 1.57. The molecule has 0 bridgehead atoms. The first kappa shape index (κ1) is 20.3. The van der Waals surface area contributed by atoms with Gasteiger partial charge in [0.1, 0.15) is 18.6 Å². The van der Waals surface area contributed by atoms with Crippen LogP contribution in [0.2, 0.25) is 0 Å². The number of aromatic nitrogens is 1. The molecule has 1 aromatic heterocycles. The maximum absolute atomic E-state index is 10.6. The van der Waals surface area contributed by atoms with E-state index in [0.717, 1.165) is 15.6 Å². The van der Waals surface area contributed by atoms with Crippen LogP contribution >= 0.6 is 15.9 Å². The largest absolute Gasteiger partial charge is 0.493 e. The second-order valence-electron chi connectivity index (χ2n) is 5.85. The number of nitrogens with zero attached hydrogens (tertiary/aromatic N) is 3. The smallest absolute Gasteiger partial charge is 0.287 e. The van der Waals surface area contributed by atoms with Crippen LogP contribution < -0.4 is 14.9 Å². The van der Waals surface area contributed by atoms with Crippen molar-refractivity contribution in [1.29, 1.82) is 0 Å².